The van der Waals surface area contributed by atoms with E-state index in [0.717, 1.165) is 0 Å². The zero-order valence-corrected chi connectivity index (χ0v) is 9.87. The van der Waals surface area contributed by atoms with Crippen LogP contribution in [-0.4, -0.2) is 29.4 Å². The van der Waals surface area contributed by atoms with Gasteiger partial charge in [0.05, 0.1) is 5.69 Å². The lowest BCUT2D eigenvalue weighted by Crippen LogP contribution is -2.47. The average Bonchev–Trinajstić information content (AvgIpc) is 2.61. The minimum absolute atomic E-state index is 0.0298. The van der Waals surface area contributed by atoms with Gasteiger partial charge in [0.2, 0.25) is 11.7 Å². The Hall–Kier alpha value is -1.85. The molecule has 0 bridgehead atoms. The average molecular weight is 237 g/mol. The molecule has 6 nitrogen and oxygen atoms in total. The number of nitrogens with one attached hydrogen (secondary N) is 2. The van der Waals surface area contributed by atoms with E-state index in [9.17, 15) is 9.59 Å². The largest absolute Gasteiger partial charge is 0.436 e. The molecule has 0 radical (unpaired) electrons. The predicted octanol–water partition coefficient (Wildman–Crippen LogP) is 0.300. The molecule has 6 heteroatoms. The number of aromatic nitrogens is 1. The first-order chi connectivity index (χ1) is 8.06. The van der Waals surface area contributed by atoms with Gasteiger partial charge < -0.3 is 15.1 Å². The highest BCUT2D eigenvalue weighted by molar-refractivity contribution is 5.92. The summed E-state index contributed by atoms with van der Waals surface area (Å²) in [6.07, 6.45) is 1.10. The molecule has 1 aromatic rings. The standard InChI is InChI=1S/C11H15N3O3/c1-6-10(17-7(2)13-6)11(16)14-8-3-4-9(15)12-5-8/h8H,3-5H2,1-2H3,(H,12,15)(H,14,16). The van der Waals surface area contributed by atoms with Gasteiger partial charge >= 0.3 is 0 Å². The number of aryl methyl sites for hydroxylation is 2. The van der Waals surface area contributed by atoms with Crippen LogP contribution in [0.25, 0.3) is 0 Å². The number of nitrogens with zero attached hydrogens (tertiary/aromatic N) is 1. The normalized spacial score (nSPS) is 19.9. The third-order valence-electron chi connectivity index (χ3n) is 2.71. The van der Waals surface area contributed by atoms with Gasteiger partial charge in [-0.05, 0) is 13.3 Å². The van der Waals surface area contributed by atoms with Crippen molar-refractivity contribution in [1.82, 2.24) is 15.6 Å². The lowest BCUT2D eigenvalue weighted by molar-refractivity contribution is -0.122. The lowest BCUT2D eigenvalue weighted by atomic mass is 10.1. The molecular weight excluding hydrogens is 222 g/mol. The minimum Gasteiger partial charge on any atom is -0.436 e. The van der Waals surface area contributed by atoms with Crippen LogP contribution in [0.5, 0.6) is 0 Å². The van der Waals surface area contributed by atoms with E-state index in [0.29, 0.717) is 31.0 Å². The Balaban J connectivity index is 1.97. The van der Waals surface area contributed by atoms with Gasteiger partial charge in [-0.15, -0.1) is 0 Å². The van der Waals surface area contributed by atoms with Crippen LogP contribution in [0.4, 0.5) is 0 Å². The molecule has 1 fully saturated rings. The Morgan fingerprint density at radius 3 is 2.82 bits per heavy atom. The molecule has 1 aliphatic rings. The zero-order chi connectivity index (χ0) is 12.4. The Morgan fingerprint density at radius 2 is 2.29 bits per heavy atom. The second-order valence-corrected chi connectivity index (χ2v) is 4.16. The summed E-state index contributed by atoms with van der Waals surface area (Å²) >= 11 is 0. The van der Waals surface area contributed by atoms with Crippen LogP contribution in [0.2, 0.25) is 0 Å². The van der Waals surface area contributed by atoms with Gasteiger partial charge in [0.25, 0.3) is 5.91 Å². The van der Waals surface area contributed by atoms with Crippen LogP contribution in [0, 0.1) is 13.8 Å². The van der Waals surface area contributed by atoms with E-state index in [2.05, 4.69) is 15.6 Å². The molecule has 1 saturated heterocycles. The first kappa shape index (κ1) is 11.6. The third kappa shape index (κ3) is 2.64. The number of oxazole rings is 1. The zero-order valence-electron chi connectivity index (χ0n) is 9.87. The van der Waals surface area contributed by atoms with Crippen LogP contribution >= 0.6 is 0 Å². The molecule has 0 spiro atoms. The Kier molecular flexibility index (Phi) is 3.12. The monoisotopic (exact) mass is 237 g/mol. The van der Waals surface area contributed by atoms with Gasteiger partial charge in [-0.25, -0.2) is 4.98 Å². The summed E-state index contributed by atoms with van der Waals surface area (Å²) < 4.78 is 5.23. The van der Waals surface area contributed by atoms with Crippen molar-refractivity contribution in [3.05, 3.63) is 17.3 Å². The maximum Gasteiger partial charge on any atom is 0.289 e. The highest BCUT2D eigenvalue weighted by Gasteiger charge is 2.23. The summed E-state index contributed by atoms with van der Waals surface area (Å²) in [5.41, 5.74) is 0.583. The number of rotatable bonds is 2. The van der Waals surface area contributed by atoms with Crippen molar-refractivity contribution in [2.45, 2.75) is 32.7 Å². The van der Waals surface area contributed by atoms with Crippen molar-refractivity contribution in [3.63, 3.8) is 0 Å². The minimum atomic E-state index is -0.274. The van der Waals surface area contributed by atoms with Gasteiger partial charge in [-0.2, -0.15) is 0 Å². The summed E-state index contributed by atoms with van der Waals surface area (Å²) in [6, 6.07) is -0.0370. The first-order valence-corrected chi connectivity index (χ1v) is 5.58. The number of carbonyl (C=O) groups is 2. The van der Waals surface area contributed by atoms with Crippen LogP contribution < -0.4 is 10.6 Å². The molecular formula is C11H15N3O3. The fourth-order valence-electron chi connectivity index (χ4n) is 1.85. The fraction of sp³-hybridized carbons (Fsp3) is 0.545. The molecule has 17 heavy (non-hydrogen) atoms. The highest BCUT2D eigenvalue weighted by Crippen LogP contribution is 2.10. The molecule has 2 N–H and O–H groups in total. The van der Waals surface area contributed by atoms with Gasteiger partial charge in [0.15, 0.2) is 5.89 Å². The molecule has 0 aliphatic carbocycles. The molecule has 2 rings (SSSR count). The lowest BCUT2D eigenvalue weighted by Gasteiger charge is -2.22. The van der Waals surface area contributed by atoms with E-state index < -0.39 is 0 Å². The van der Waals surface area contributed by atoms with E-state index in [1.165, 1.54) is 0 Å². The molecule has 2 amide bonds. The van der Waals surface area contributed by atoms with Crippen molar-refractivity contribution >= 4 is 11.8 Å². The smallest absolute Gasteiger partial charge is 0.289 e. The van der Waals surface area contributed by atoms with Crippen molar-refractivity contribution in [1.29, 1.82) is 0 Å². The number of hydrogen-bond acceptors (Lipinski definition) is 4. The van der Waals surface area contributed by atoms with Gasteiger partial charge in [-0.3, -0.25) is 9.59 Å². The molecule has 1 aliphatic heterocycles. The summed E-state index contributed by atoms with van der Waals surface area (Å²) in [5.74, 6) is 0.482. The van der Waals surface area contributed by atoms with Crippen molar-refractivity contribution in [2.24, 2.45) is 0 Å². The number of amides is 2. The Labute approximate surface area is 98.8 Å². The number of piperidine rings is 1. The summed E-state index contributed by atoms with van der Waals surface area (Å²) in [5, 5.41) is 5.53. The number of carbonyl (C=O) groups excluding carboxylic acids is 2. The second kappa shape index (κ2) is 4.57. The van der Waals surface area contributed by atoms with Crippen LogP contribution in [0.1, 0.15) is 35.0 Å². The van der Waals surface area contributed by atoms with E-state index >= 15 is 0 Å². The highest BCUT2D eigenvalue weighted by atomic mass is 16.4. The Bertz CT molecular complexity index is 443. The van der Waals surface area contributed by atoms with Crippen LogP contribution in [0.3, 0.4) is 0 Å². The molecule has 92 valence electrons. The SMILES string of the molecule is Cc1nc(C)c(C(=O)NC2CCC(=O)NC2)o1. The van der Waals surface area contributed by atoms with Gasteiger partial charge in [0.1, 0.15) is 0 Å². The molecule has 0 saturated carbocycles. The first-order valence-electron chi connectivity index (χ1n) is 5.58. The summed E-state index contributed by atoms with van der Waals surface area (Å²) in [6.45, 7) is 3.90. The van der Waals surface area contributed by atoms with Crippen molar-refractivity contribution in [3.8, 4) is 0 Å². The summed E-state index contributed by atoms with van der Waals surface area (Å²) in [4.78, 5) is 26.9. The topological polar surface area (TPSA) is 84.2 Å². The quantitative estimate of drug-likeness (QED) is 0.774. The maximum atomic E-state index is 11.9. The second-order valence-electron chi connectivity index (χ2n) is 4.16. The molecule has 1 aromatic heterocycles. The van der Waals surface area contributed by atoms with E-state index in [1.807, 2.05) is 0 Å². The Morgan fingerprint density at radius 1 is 1.53 bits per heavy atom. The fourth-order valence-corrected chi connectivity index (χ4v) is 1.85. The van der Waals surface area contributed by atoms with E-state index in [4.69, 9.17) is 4.42 Å². The predicted molar refractivity (Wildman–Crippen MR) is 59.5 cm³/mol. The maximum absolute atomic E-state index is 11.9. The summed E-state index contributed by atoms with van der Waals surface area (Å²) in [7, 11) is 0. The number of hydrogen-bond donors (Lipinski definition) is 2. The van der Waals surface area contributed by atoms with Gasteiger partial charge in [0, 0.05) is 25.9 Å². The van der Waals surface area contributed by atoms with Gasteiger partial charge in [-0.1, -0.05) is 0 Å². The molecule has 0 aromatic carbocycles. The van der Waals surface area contributed by atoms with E-state index in [-0.39, 0.29) is 23.6 Å². The van der Waals surface area contributed by atoms with Crippen molar-refractivity contribution < 1.29 is 14.0 Å². The van der Waals surface area contributed by atoms with Crippen LogP contribution in [-0.2, 0) is 4.79 Å². The van der Waals surface area contributed by atoms with E-state index in [1.54, 1.807) is 13.8 Å². The molecule has 1 unspecified atom stereocenters. The van der Waals surface area contributed by atoms with Crippen molar-refractivity contribution in [2.75, 3.05) is 6.54 Å². The molecule has 2 heterocycles. The van der Waals surface area contributed by atoms with Crippen LogP contribution in [0.15, 0.2) is 4.42 Å². The molecule has 1 atom stereocenters. The third-order valence-corrected chi connectivity index (χ3v) is 2.71.